The second-order valence-corrected chi connectivity index (χ2v) is 4.10. The van der Waals surface area contributed by atoms with Crippen molar-refractivity contribution in [1.82, 2.24) is 0 Å². The zero-order valence-electron chi connectivity index (χ0n) is 10.7. The summed E-state index contributed by atoms with van der Waals surface area (Å²) in [4.78, 5) is 11.3. The second kappa shape index (κ2) is 5.27. The normalized spacial score (nSPS) is 13.6. The second-order valence-electron chi connectivity index (χ2n) is 4.10. The van der Waals surface area contributed by atoms with Crippen LogP contribution in [0.1, 0.15) is 5.56 Å². The Hall–Kier alpha value is -3.08. The zero-order valence-corrected chi connectivity index (χ0v) is 10.7. The van der Waals surface area contributed by atoms with Crippen molar-refractivity contribution < 1.29 is 9.53 Å². The minimum absolute atomic E-state index is 0.0122. The summed E-state index contributed by atoms with van der Waals surface area (Å²) < 4.78 is 5.32. The van der Waals surface area contributed by atoms with Gasteiger partial charge < -0.3 is 15.8 Å². The van der Waals surface area contributed by atoms with Crippen LogP contribution in [0.3, 0.4) is 0 Å². The highest BCUT2D eigenvalue weighted by Gasteiger charge is 2.18. The van der Waals surface area contributed by atoms with Gasteiger partial charge in [0.05, 0.1) is 11.4 Å². The molecule has 20 heavy (non-hydrogen) atoms. The molecular weight excluding hydrogens is 260 g/mol. The molecule has 1 heterocycles. The van der Waals surface area contributed by atoms with E-state index in [0.717, 1.165) is 5.56 Å². The van der Waals surface area contributed by atoms with E-state index < -0.39 is 5.84 Å². The zero-order chi connectivity index (χ0) is 14.7. The number of hydrazone groups is 1. The number of aryl methyl sites for hydroxylation is 1. The minimum Gasteiger partial charge on any atom is -0.481 e. The molecule has 0 atom stereocenters. The number of amides is 1. The maximum absolute atomic E-state index is 11.3. The third-order valence-electron chi connectivity index (χ3n) is 2.55. The molecule has 1 aromatic rings. The van der Waals surface area contributed by atoms with Crippen LogP contribution >= 0.6 is 0 Å². The van der Waals surface area contributed by atoms with E-state index in [-0.39, 0.29) is 18.2 Å². The van der Waals surface area contributed by atoms with Crippen LogP contribution in [0.4, 0.5) is 11.4 Å². The van der Waals surface area contributed by atoms with Gasteiger partial charge in [0.1, 0.15) is 11.8 Å². The molecule has 8 nitrogen and oxygen atoms in total. The van der Waals surface area contributed by atoms with Crippen LogP contribution in [-0.2, 0) is 4.79 Å². The molecule has 102 valence electrons. The number of rotatable bonds is 3. The maximum atomic E-state index is 11.3. The van der Waals surface area contributed by atoms with Gasteiger partial charge in [-0.1, -0.05) is 0 Å². The SMILES string of the molecule is Cc1cc(N/N=C(\C#N)C(=N)N)cc2c1OCC(=O)N2. The molecule has 0 bridgehead atoms. The van der Waals surface area contributed by atoms with Crippen LogP contribution in [0.25, 0.3) is 0 Å². The van der Waals surface area contributed by atoms with Crippen molar-refractivity contribution in [2.45, 2.75) is 6.92 Å². The number of carbonyl (C=O) groups excluding carboxylic acids is 1. The summed E-state index contributed by atoms with van der Waals surface area (Å²) in [5, 5.41) is 22.3. The van der Waals surface area contributed by atoms with Gasteiger partial charge in [-0.2, -0.15) is 10.4 Å². The maximum Gasteiger partial charge on any atom is 0.262 e. The molecule has 0 saturated carbocycles. The van der Waals surface area contributed by atoms with Crippen molar-refractivity contribution in [3.8, 4) is 11.8 Å². The van der Waals surface area contributed by atoms with E-state index in [1.165, 1.54) is 0 Å². The van der Waals surface area contributed by atoms with Crippen molar-refractivity contribution in [1.29, 1.82) is 10.7 Å². The van der Waals surface area contributed by atoms with Crippen LogP contribution in [0, 0.1) is 23.7 Å². The van der Waals surface area contributed by atoms with E-state index >= 15 is 0 Å². The summed E-state index contributed by atoms with van der Waals surface area (Å²) in [6.07, 6.45) is 0. The lowest BCUT2D eigenvalue weighted by Gasteiger charge is -2.20. The molecule has 5 N–H and O–H groups in total. The number of ether oxygens (including phenoxy) is 1. The minimum atomic E-state index is -0.425. The highest BCUT2D eigenvalue weighted by Crippen LogP contribution is 2.34. The topological polar surface area (TPSA) is 136 Å². The Morgan fingerprint density at radius 2 is 2.40 bits per heavy atom. The van der Waals surface area contributed by atoms with Gasteiger partial charge >= 0.3 is 0 Å². The molecule has 1 amide bonds. The van der Waals surface area contributed by atoms with Gasteiger partial charge in [0.15, 0.2) is 12.4 Å². The molecule has 1 aliphatic rings. The van der Waals surface area contributed by atoms with E-state index in [9.17, 15) is 4.79 Å². The third kappa shape index (κ3) is 2.67. The molecule has 0 unspecified atom stereocenters. The van der Waals surface area contributed by atoms with Gasteiger partial charge in [0, 0.05) is 0 Å². The summed E-state index contributed by atoms with van der Waals surface area (Å²) in [5.74, 6) is -0.0588. The first-order valence-electron chi connectivity index (χ1n) is 5.66. The molecule has 8 heteroatoms. The molecule has 1 aromatic carbocycles. The first kappa shape index (κ1) is 13.4. The predicted octanol–water partition coefficient (Wildman–Crippen LogP) is 0.553. The lowest BCUT2D eigenvalue weighted by Crippen LogP contribution is -2.26. The van der Waals surface area contributed by atoms with E-state index in [1.54, 1.807) is 18.2 Å². The van der Waals surface area contributed by atoms with Crippen LogP contribution in [-0.4, -0.2) is 24.1 Å². The van der Waals surface area contributed by atoms with Gasteiger partial charge in [0.2, 0.25) is 5.71 Å². The smallest absolute Gasteiger partial charge is 0.262 e. The average molecular weight is 272 g/mol. The summed E-state index contributed by atoms with van der Waals surface area (Å²) in [6, 6.07) is 5.07. The molecule has 0 aromatic heterocycles. The highest BCUT2D eigenvalue weighted by molar-refractivity contribution is 6.45. The van der Waals surface area contributed by atoms with Gasteiger partial charge in [-0.25, -0.2) is 0 Å². The van der Waals surface area contributed by atoms with Crippen LogP contribution < -0.4 is 21.2 Å². The average Bonchev–Trinajstić information content (AvgIpc) is 2.38. The van der Waals surface area contributed by atoms with E-state index in [0.29, 0.717) is 17.1 Å². The number of anilines is 2. The Morgan fingerprint density at radius 3 is 3.05 bits per heavy atom. The largest absolute Gasteiger partial charge is 0.481 e. The van der Waals surface area contributed by atoms with Gasteiger partial charge in [-0.3, -0.25) is 15.6 Å². The summed E-state index contributed by atoms with van der Waals surface area (Å²) >= 11 is 0. The number of amidine groups is 1. The third-order valence-corrected chi connectivity index (χ3v) is 2.55. The number of nitrogens with zero attached hydrogens (tertiary/aromatic N) is 2. The fraction of sp³-hybridized carbons (Fsp3) is 0.167. The molecule has 0 radical (unpaired) electrons. The van der Waals surface area contributed by atoms with Gasteiger partial charge in [-0.15, -0.1) is 0 Å². The van der Waals surface area contributed by atoms with Crippen molar-refractivity contribution in [2.75, 3.05) is 17.3 Å². The first-order chi connectivity index (χ1) is 9.51. The number of fused-ring (bicyclic) bond motifs is 1. The quantitative estimate of drug-likeness (QED) is 0.362. The summed E-state index contributed by atoms with van der Waals surface area (Å²) in [6.45, 7) is 1.81. The van der Waals surface area contributed by atoms with Crippen molar-refractivity contribution in [3.63, 3.8) is 0 Å². The summed E-state index contributed by atoms with van der Waals surface area (Å²) in [5.41, 5.74) is 9.46. The number of nitrogens with two attached hydrogens (primary N) is 1. The molecule has 0 saturated heterocycles. The van der Waals surface area contributed by atoms with E-state index in [4.69, 9.17) is 21.1 Å². The number of hydrogen-bond donors (Lipinski definition) is 4. The Balaban J connectivity index is 2.29. The molecular formula is C12H12N6O2. The molecule has 0 fully saturated rings. The van der Waals surface area contributed by atoms with Crippen LogP contribution in [0.2, 0.25) is 0 Å². The van der Waals surface area contributed by atoms with Crippen molar-refractivity contribution >= 4 is 28.8 Å². The predicted molar refractivity (Wildman–Crippen MR) is 73.9 cm³/mol. The van der Waals surface area contributed by atoms with Crippen LogP contribution in [0.5, 0.6) is 5.75 Å². The Kier molecular flexibility index (Phi) is 3.52. The highest BCUT2D eigenvalue weighted by atomic mass is 16.5. The van der Waals surface area contributed by atoms with Crippen LogP contribution in [0.15, 0.2) is 17.2 Å². The standard InChI is InChI=1S/C12H12N6O2/c1-6-2-7(17-18-9(4-13)12(14)15)3-8-11(6)20-5-10(19)16-8/h2-3,17H,5H2,1H3,(H3,14,15)(H,16,19)/b18-9+. The van der Waals surface area contributed by atoms with E-state index in [2.05, 4.69) is 15.8 Å². The Bertz CT molecular complexity index is 659. The molecule has 0 aliphatic carbocycles. The van der Waals surface area contributed by atoms with Crippen molar-refractivity contribution in [3.05, 3.63) is 17.7 Å². The van der Waals surface area contributed by atoms with Gasteiger partial charge in [0.25, 0.3) is 5.91 Å². The van der Waals surface area contributed by atoms with E-state index in [1.807, 2.05) is 6.92 Å². The number of hydrogen-bond acceptors (Lipinski definition) is 6. The molecule has 1 aliphatic heterocycles. The fourth-order valence-corrected chi connectivity index (χ4v) is 1.71. The Labute approximate surface area is 114 Å². The summed E-state index contributed by atoms with van der Waals surface area (Å²) in [7, 11) is 0. The molecule has 0 spiro atoms. The molecule has 2 rings (SSSR count). The number of nitriles is 1. The number of nitrogens with one attached hydrogen (secondary N) is 3. The first-order valence-corrected chi connectivity index (χ1v) is 5.66. The lowest BCUT2D eigenvalue weighted by molar-refractivity contribution is -0.118. The lowest BCUT2D eigenvalue weighted by atomic mass is 10.1. The van der Waals surface area contributed by atoms with Crippen molar-refractivity contribution in [2.24, 2.45) is 10.8 Å². The van der Waals surface area contributed by atoms with Gasteiger partial charge in [-0.05, 0) is 24.6 Å². The fourth-order valence-electron chi connectivity index (χ4n) is 1.71. The Morgan fingerprint density at radius 1 is 1.65 bits per heavy atom. The number of benzene rings is 1. The number of carbonyl (C=O) groups is 1. The monoisotopic (exact) mass is 272 g/mol.